The van der Waals surface area contributed by atoms with Gasteiger partial charge in [-0.1, -0.05) is 6.07 Å². The summed E-state index contributed by atoms with van der Waals surface area (Å²) in [6.07, 6.45) is -10.4. The second kappa shape index (κ2) is 16.8. The molecule has 0 bridgehead atoms. The van der Waals surface area contributed by atoms with Crippen molar-refractivity contribution < 1.29 is 69.2 Å². The lowest BCUT2D eigenvalue weighted by molar-refractivity contribution is -0.193. The van der Waals surface area contributed by atoms with E-state index >= 15 is 0 Å². The Morgan fingerprint density at radius 3 is 1.70 bits per heavy atom. The molecule has 0 aliphatic carbocycles. The van der Waals surface area contributed by atoms with Gasteiger partial charge in [-0.3, -0.25) is 14.6 Å². The van der Waals surface area contributed by atoms with Crippen LogP contribution in [-0.2, 0) is 40.4 Å². The molecule has 3 heterocycles. The number of halogens is 9. The van der Waals surface area contributed by atoms with Crippen LogP contribution in [0.3, 0.4) is 0 Å². The second-order valence-corrected chi connectivity index (χ2v) is 9.38. The topological polar surface area (TPSA) is 149 Å². The Labute approximate surface area is 244 Å². The molecule has 0 aromatic carbocycles. The normalized spacial score (nSPS) is 13.4. The number of carboxylic acid groups (broad SMARTS) is 3. The first-order chi connectivity index (χ1) is 19.9. The molecule has 20 heteroatoms. The fourth-order valence-electron chi connectivity index (χ4n) is 3.31. The SMILES string of the molecule is CC(C)n1nc(CN(C)C)c2c1CN(Cc1cccnc1)CC2.O=C(O)C(F)(F)F.O=C(O)C(F)(F)F.O=C(O)C(F)(F)F. The third kappa shape index (κ3) is 15.0. The van der Waals surface area contributed by atoms with Crippen LogP contribution in [0.4, 0.5) is 39.5 Å². The lowest BCUT2D eigenvalue weighted by Crippen LogP contribution is -2.31. The zero-order valence-electron chi connectivity index (χ0n) is 23.6. The number of nitrogens with zero attached hydrogens (tertiary/aromatic N) is 5. The summed E-state index contributed by atoms with van der Waals surface area (Å²) in [5.41, 5.74) is 5.39. The molecular formula is C24H30F9N5O6. The molecule has 0 spiro atoms. The van der Waals surface area contributed by atoms with Crippen LogP contribution in [0.25, 0.3) is 0 Å². The molecule has 0 fully saturated rings. The Hall–Kier alpha value is -3.94. The summed E-state index contributed by atoms with van der Waals surface area (Å²) in [5, 5.41) is 26.3. The number of carboxylic acids is 3. The second-order valence-electron chi connectivity index (χ2n) is 9.38. The number of hydrogen-bond donors (Lipinski definition) is 3. The van der Waals surface area contributed by atoms with Crippen molar-refractivity contribution in [2.45, 2.75) is 64.5 Å². The number of pyridine rings is 1. The fourth-order valence-corrected chi connectivity index (χ4v) is 3.31. The number of carbonyl (C=O) groups is 3. The van der Waals surface area contributed by atoms with Gasteiger partial charge in [-0.25, -0.2) is 14.4 Å². The highest BCUT2D eigenvalue weighted by molar-refractivity contribution is 5.73. The van der Waals surface area contributed by atoms with Gasteiger partial charge in [0.15, 0.2) is 0 Å². The molecule has 250 valence electrons. The predicted molar refractivity (Wildman–Crippen MR) is 133 cm³/mol. The molecule has 3 rings (SSSR count). The van der Waals surface area contributed by atoms with E-state index in [-0.39, 0.29) is 0 Å². The minimum atomic E-state index is -5.08. The van der Waals surface area contributed by atoms with Gasteiger partial charge < -0.3 is 20.2 Å². The standard InChI is InChI=1S/C18H27N5.3C2HF3O2/c1-14(2)23-18-13-22(11-15-6-5-8-19-10-15)9-7-16(18)17(20-23)12-21(3)4;3*3-2(4,5)1(6)7/h5-6,8,10,14H,7,9,11-13H2,1-4H3;3*(H,6,7). The van der Waals surface area contributed by atoms with Gasteiger partial charge in [-0.15, -0.1) is 0 Å². The van der Waals surface area contributed by atoms with E-state index in [1.165, 1.54) is 22.5 Å². The molecule has 0 atom stereocenters. The Morgan fingerprint density at radius 2 is 1.36 bits per heavy atom. The minimum Gasteiger partial charge on any atom is -0.475 e. The molecule has 0 amide bonds. The Bertz CT molecular complexity index is 1160. The summed E-state index contributed by atoms with van der Waals surface area (Å²) in [6.45, 7) is 8.37. The molecule has 2 aromatic rings. The molecule has 44 heavy (non-hydrogen) atoms. The van der Waals surface area contributed by atoms with E-state index in [1.807, 2.05) is 18.5 Å². The van der Waals surface area contributed by atoms with Gasteiger partial charge in [0, 0.05) is 50.2 Å². The monoisotopic (exact) mass is 655 g/mol. The minimum absolute atomic E-state index is 0.401. The van der Waals surface area contributed by atoms with Crippen LogP contribution < -0.4 is 0 Å². The molecule has 0 radical (unpaired) electrons. The number of fused-ring (bicyclic) bond motifs is 1. The summed E-state index contributed by atoms with van der Waals surface area (Å²) in [7, 11) is 4.22. The number of aromatic nitrogens is 3. The van der Waals surface area contributed by atoms with E-state index in [0.29, 0.717) is 6.04 Å². The highest BCUT2D eigenvalue weighted by Gasteiger charge is 2.39. The molecule has 0 saturated heterocycles. The van der Waals surface area contributed by atoms with Crippen LogP contribution in [-0.4, -0.2) is 97.0 Å². The third-order valence-corrected chi connectivity index (χ3v) is 5.06. The van der Waals surface area contributed by atoms with Crippen molar-refractivity contribution in [2.75, 3.05) is 20.6 Å². The fraction of sp³-hybridized carbons (Fsp3) is 0.542. The van der Waals surface area contributed by atoms with E-state index in [4.69, 9.17) is 34.8 Å². The van der Waals surface area contributed by atoms with Crippen molar-refractivity contribution in [1.82, 2.24) is 24.6 Å². The lowest BCUT2D eigenvalue weighted by Gasteiger charge is -2.28. The highest BCUT2D eigenvalue weighted by atomic mass is 19.4. The highest BCUT2D eigenvalue weighted by Crippen LogP contribution is 2.26. The van der Waals surface area contributed by atoms with E-state index in [9.17, 15) is 39.5 Å². The number of aliphatic carboxylic acids is 3. The molecule has 11 nitrogen and oxygen atoms in total. The van der Waals surface area contributed by atoms with Gasteiger partial charge in [0.05, 0.1) is 11.4 Å². The first-order valence-corrected chi connectivity index (χ1v) is 12.1. The van der Waals surface area contributed by atoms with Crippen LogP contribution in [0.1, 0.15) is 42.4 Å². The van der Waals surface area contributed by atoms with Gasteiger partial charge in [0.1, 0.15) is 0 Å². The van der Waals surface area contributed by atoms with Gasteiger partial charge >= 0.3 is 36.4 Å². The maximum Gasteiger partial charge on any atom is 0.490 e. The lowest BCUT2D eigenvalue weighted by atomic mass is 10.0. The number of hydrogen-bond acceptors (Lipinski definition) is 7. The van der Waals surface area contributed by atoms with Crippen LogP contribution >= 0.6 is 0 Å². The Morgan fingerprint density at radius 1 is 0.909 bits per heavy atom. The molecule has 2 aromatic heterocycles. The van der Waals surface area contributed by atoms with Gasteiger partial charge in [-0.2, -0.15) is 44.6 Å². The Kier molecular flexibility index (Phi) is 15.3. The average molecular weight is 656 g/mol. The predicted octanol–water partition coefficient (Wildman–Crippen LogP) is 4.38. The van der Waals surface area contributed by atoms with Crippen LogP contribution in [0.5, 0.6) is 0 Å². The van der Waals surface area contributed by atoms with E-state index in [2.05, 4.69) is 53.5 Å². The quantitative estimate of drug-likeness (QED) is 0.397. The molecule has 0 unspecified atom stereocenters. The van der Waals surface area contributed by atoms with Crippen LogP contribution in [0, 0.1) is 0 Å². The summed E-state index contributed by atoms with van der Waals surface area (Å²) in [4.78, 5) is 35.6. The van der Waals surface area contributed by atoms with Crippen molar-refractivity contribution in [3.05, 3.63) is 47.0 Å². The Balaban J connectivity index is 0.000000721. The van der Waals surface area contributed by atoms with Crippen molar-refractivity contribution >= 4 is 17.9 Å². The van der Waals surface area contributed by atoms with Gasteiger partial charge in [0.2, 0.25) is 0 Å². The summed E-state index contributed by atoms with van der Waals surface area (Å²) >= 11 is 0. The van der Waals surface area contributed by atoms with Crippen LogP contribution in [0.2, 0.25) is 0 Å². The van der Waals surface area contributed by atoms with Crippen molar-refractivity contribution in [3.8, 4) is 0 Å². The number of rotatable bonds is 5. The summed E-state index contributed by atoms with van der Waals surface area (Å²) < 4.78 is 97.4. The zero-order chi connectivity index (χ0) is 34.6. The third-order valence-electron chi connectivity index (χ3n) is 5.06. The van der Waals surface area contributed by atoms with E-state index in [1.54, 1.807) is 0 Å². The molecule has 3 N–H and O–H groups in total. The van der Waals surface area contributed by atoms with Gasteiger partial charge in [0.25, 0.3) is 0 Å². The average Bonchev–Trinajstić information content (AvgIpc) is 3.21. The van der Waals surface area contributed by atoms with Crippen molar-refractivity contribution in [1.29, 1.82) is 0 Å². The van der Waals surface area contributed by atoms with E-state index < -0.39 is 36.4 Å². The molecule has 1 aliphatic heterocycles. The van der Waals surface area contributed by atoms with Crippen LogP contribution in [0.15, 0.2) is 24.5 Å². The summed E-state index contributed by atoms with van der Waals surface area (Å²) in [6, 6.07) is 4.57. The first kappa shape index (κ1) is 40.1. The zero-order valence-corrected chi connectivity index (χ0v) is 23.6. The molecule has 0 saturated carbocycles. The van der Waals surface area contributed by atoms with Crippen molar-refractivity contribution in [3.63, 3.8) is 0 Å². The maximum absolute atomic E-state index is 10.6. The van der Waals surface area contributed by atoms with Crippen molar-refractivity contribution in [2.24, 2.45) is 0 Å². The maximum atomic E-state index is 10.6. The number of alkyl halides is 9. The molecular weight excluding hydrogens is 625 g/mol. The van der Waals surface area contributed by atoms with E-state index in [0.717, 1.165) is 32.6 Å². The largest absolute Gasteiger partial charge is 0.490 e. The molecule has 1 aliphatic rings. The van der Waals surface area contributed by atoms with Gasteiger partial charge in [-0.05, 0) is 46.0 Å². The first-order valence-electron chi connectivity index (χ1n) is 12.1. The summed E-state index contributed by atoms with van der Waals surface area (Å²) in [5.74, 6) is -8.27. The smallest absolute Gasteiger partial charge is 0.475 e.